The van der Waals surface area contributed by atoms with E-state index in [1.54, 1.807) is 0 Å². The molecule has 1 amide bonds. The fourth-order valence-electron chi connectivity index (χ4n) is 2.06. The Bertz CT molecular complexity index is 511. The van der Waals surface area contributed by atoms with Gasteiger partial charge in [-0.2, -0.15) is 0 Å². The molecule has 19 heavy (non-hydrogen) atoms. The molecule has 1 atom stereocenters. The van der Waals surface area contributed by atoms with Gasteiger partial charge in [-0.15, -0.1) is 0 Å². The zero-order chi connectivity index (χ0) is 14.0. The molecule has 0 aromatic heterocycles. The molecule has 1 aromatic carbocycles. The maximum Gasteiger partial charge on any atom is 0.315 e. The van der Waals surface area contributed by atoms with E-state index in [1.165, 1.54) is 12.5 Å². The van der Waals surface area contributed by atoms with E-state index >= 15 is 0 Å². The van der Waals surface area contributed by atoms with Crippen molar-refractivity contribution >= 4 is 27.8 Å². The fourth-order valence-corrected chi connectivity index (χ4v) is 2.46. The topological polar surface area (TPSA) is 66.4 Å². The summed E-state index contributed by atoms with van der Waals surface area (Å²) in [6.45, 7) is 1.90. The number of benzene rings is 1. The molecule has 2 N–H and O–H groups in total. The molecule has 1 unspecified atom stereocenters. The minimum absolute atomic E-state index is 0.0162. The zero-order valence-corrected chi connectivity index (χ0v) is 12.2. The standard InChI is InChI=1S/C14H16BrNO3/c1-9(13(18)19)12(17)16-8-14(5-6-14)10-3-2-4-11(15)7-10/h2-4,7,9H,5-6,8H2,1H3,(H,16,17)(H,18,19). The molecule has 1 aromatic rings. The number of rotatable bonds is 5. The van der Waals surface area contributed by atoms with Crippen molar-refractivity contribution in [1.29, 1.82) is 0 Å². The van der Waals surface area contributed by atoms with Crippen LogP contribution in [0.25, 0.3) is 0 Å². The van der Waals surface area contributed by atoms with Gasteiger partial charge in [-0.25, -0.2) is 0 Å². The van der Waals surface area contributed by atoms with Crippen LogP contribution in [0.2, 0.25) is 0 Å². The molecule has 5 heteroatoms. The van der Waals surface area contributed by atoms with E-state index in [1.807, 2.05) is 18.2 Å². The number of amides is 1. The van der Waals surface area contributed by atoms with Gasteiger partial charge in [0.15, 0.2) is 0 Å². The Balaban J connectivity index is 2.00. The maximum absolute atomic E-state index is 11.7. The second-order valence-corrected chi connectivity index (χ2v) is 5.98. The van der Waals surface area contributed by atoms with Gasteiger partial charge in [0.2, 0.25) is 5.91 Å². The van der Waals surface area contributed by atoms with E-state index in [0.717, 1.165) is 17.3 Å². The van der Waals surface area contributed by atoms with Crippen LogP contribution in [0.15, 0.2) is 28.7 Å². The summed E-state index contributed by atoms with van der Waals surface area (Å²) in [6.07, 6.45) is 2.04. The van der Waals surface area contributed by atoms with E-state index in [2.05, 4.69) is 27.3 Å². The van der Waals surface area contributed by atoms with Crippen LogP contribution < -0.4 is 5.32 Å². The summed E-state index contributed by atoms with van der Waals surface area (Å²) in [4.78, 5) is 22.4. The Kier molecular flexibility index (Phi) is 3.94. The molecule has 1 fully saturated rings. The average Bonchev–Trinajstić information content (AvgIpc) is 3.16. The first-order valence-corrected chi connectivity index (χ1v) is 7.00. The summed E-state index contributed by atoms with van der Waals surface area (Å²) in [6, 6.07) is 8.04. The highest BCUT2D eigenvalue weighted by Gasteiger charge is 2.44. The molecule has 0 spiro atoms. The van der Waals surface area contributed by atoms with Crippen LogP contribution in [0.4, 0.5) is 0 Å². The fraction of sp³-hybridized carbons (Fsp3) is 0.429. The van der Waals surface area contributed by atoms with Crippen LogP contribution >= 0.6 is 15.9 Å². The SMILES string of the molecule is CC(C(=O)O)C(=O)NCC1(c2cccc(Br)c2)CC1. The second kappa shape index (κ2) is 5.33. The lowest BCUT2D eigenvalue weighted by molar-refractivity contribution is -0.146. The Labute approximate surface area is 120 Å². The molecule has 1 saturated carbocycles. The third-order valence-corrected chi connectivity index (χ3v) is 4.15. The molecule has 1 aliphatic carbocycles. The predicted octanol–water partition coefficient (Wildman–Crippen LogP) is 2.32. The molecule has 4 nitrogen and oxygen atoms in total. The molecular weight excluding hydrogens is 310 g/mol. The van der Waals surface area contributed by atoms with Crippen LogP contribution in [0, 0.1) is 5.92 Å². The molecule has 0 radical (unpaired) electrons. The summed E-state index contributed by atoms with van der Waals surface area (Å²) >= 11 is 3.44. The highest BCUT2D eigenvalue weighted by Crippen LogP contribution is 2.48. The number of hydrogen-bond donors (Lipinski definition) is 2. The van der Waals surface area contributed by atoms with E-state index in [9.17, 15) is 9.59 Å². The van der Waals surface area contributed by atoms with E-state index in [0.29, 0.717) is 6.54 Å². The third-order valence-electron chi connectivity index (χ3n) is 3.66. The molecule has 0 saturated heterocycles. The monoisotopic (exact) mass is 325 g/mol. The number of carbonyl (C=O) groups excluding carboxylic acids is 1. The highest BCUT2D eigenvalue weighted by molar-refractivity contribution is 9.10. The highest BCUT2D eigenvalue weighted by atomic mass is 79.9. The van der Waals surface area contributed by atoms with Crippen LogP contribution in [0.5, 0.6) is 0 Å². The van der Waals surface area contributed by atoms with Crippen LogP contribution in [0.3, 0.4) is 0 Å². The molecular formula is C14H16BrNO3. The molecule has 0 bridgehead atoms. The van der Waals surface area contributed by atoms with Crippen molar-refractivity contribution in [3.8, 4) is 0 Å². The van der Waals surface area contributed by atoms with E-state index in [4.69, 9.17) is 5.11 Å². The maximum atomic E-state index is 11.7. The predicted molar refractivity (Wildman–Crippen MR) is 74.9 cm³/mol. The smallest absolute Gasteiger partial charge is 0.315 e. The molecule has 0 aliphatic heterocycles. The van der Waals surface area contributed by atoms with Gasteiger partial charge in [0.1, 0.15) is 5.92 Å². The van der Waals surface area contributed by atoms with Crippen molar-refractivity contribution in [3.05, 3.63) is 34.3 Å². The van der Waals surface area contributed by atoms with Crippen molar-refractivity contribution in [2.75, 3.05) is 6.54 Å². The van der Waals surface area contributed by atoms with Gasteiger partial charge in [0.05, 0.1) is 0 Å². The Morgan fingerprint density at radius 2 is 2.16 bits per heavy atom. The van der Waals surface area contributed by atoms with Crippen molar-refractivity contribution in [2.45, 2.75) is 25.2 Å². The number of aliphatic carboxylic acids is 1. The second-order valence-electron chi connectivity index (χ2n) is 5.07. The number of carboxylic acids is 1. The van der Waals surface area contributed by atoms with Crippen LogP contribution in [-0.2, 0) is 15.0 Å². The normalized spacial score (nSPS) is 17.6. The minimum Gasteiger partial charge on any atom is -0.481 e. The van der Waals surface area contributed by atoms with E-state index < -0.39 is 17.8 Å². The van der Waals surface area contributed by atoms with Gasteiger partial charge < -0.3 is 10.4 Å². The number of halogens is 1. The van der Waals surface area contributed by atoms with Crippen LogP contribution in [-0.4, -0.2) is 23.5 Å². The Hall–Kier alpha value is -1.36. The van der Waals surface area contributed by atoms with Gasteiger partial charge >= 0.3 is 5.97 Å². The lowest BCUT2D eigenvalue weighted by Crippen LogP contribution is -2.38. The summed E-state index contributed by atoms with van der Waals surface area (Å²) in [5.41, 5.74) is 1.17. The molecule has 2 rings (SSSR count). The number of nitrogens with one attached hydrogen (secondary N) is 1. The first kappa shape index (κ1) is 14.1. The van der Waals surface area contributed by atoms with Gasteiger partial charge in [-0.1, -0.05) is 28.1 Å². The summed E-state index contributed by atoms with van der Waals surface area (Å²) < 4.78 is 1.02. The lowest BCUT2D eigenvalue weighted by atomic mass is 9.96. The summed E-state index contributed by atoms with van der Waals surface area (Å²) in [5, 5.41) is 11.5. The first-order valence-electron chi connectivity index (χ1n) is 6.21. The van der Waals surface area contributed by atoms with Crippen molar-refractivity contribution in [2.24, 2.45) is 5.92 Å². The largest absolute Gasteiger partial charge is 0.481 e. The lowest BCUT2D eigenvalue weighted by Gasteiger charge is -2.18. The molecule has 0 heterocycles. The van der Waals surface area contributed by atoms with Crippen molar-refractivity contribution in [3.63, 3.8) is 0 Å². The summed E-state index contributed by atoms with van der Waals surface area (Å²) in [5.74, 6) is -2.52. The quantitative estimate of drug-likeness (QED) is 0.816. The molecule has 102 valence electrons. The minimum atomic E-state index is -1.09. The van der Waals surface area contributed by atoms with Crippen LogP contribution in [0.1, 0.15) is 25.3 Å². The van der Waals surface area contributed by atoms with Gasteiger partial charge in [-0.05, 0) is 37.5 Å². The van der Waals surface area contributed by atoms with Gasteiger partial charge in [0.25, 0.3) is 0 Å². The van der Waals surface area contributed by atoms with E-state index in [-0.39, 0.29) is 5.41 Å². The molecule has 1 aliphatic rings. The number of carboxylic acid groups (broad SMARTS) is 1. The first-order chi connectivity index (χ1) is 8.94. The van der Waals surface area contributed by atoms with Crippen molar-refractivity contribution < 1.29 is 14.7 Å². The number of carbonyl (C=O) groups is 2. The zero-order valence-electron chi connectivity index (χ0n) is 10.6. The Morgan fingerprint density at radius 1 is 1.47 bits per heavy atom. The third kappa shape index (κ3) is 3.15. The van der Waals surface area contributed by atoms with Gasteiger partial charge in [-0.3, -0.25) is 9.59 Å². The van der Waals surface area contributed by atoms with Crippen molar-refractivity contribution in [1.82, 2.24) is 5.32 Å². The van der Waals surface area contributed by atoms with Gasteiger partial charge in [0, 0.05) is 16.4 Å². The summed E-state index contributed by atoms with van der Waals surface area (Å²) in [7, 11) is 0. The average molecular weight is 326 g/mol. The Morgan fingerprint density at radius 3 is 2.68 bits per heavy atom. The number of hydrogen-bond acceptors (Lipinski definition) is 2.